The highest BCUT2D eigenvalue weighted by Gasteiger charge is 2.30. The summed E-state index contributed by atoms with van der Waals surface area (Å²) >= 11 is 0. The molecule has 0 aromatic heterocycles. The van der Waals surface area contributed by atoms with E-state index in [2.05, 4.69) is 65.8 Å². The van der Waals surface area contributed by atoms with Crippen LogP contribution in [0.4, 0.5) is 0 Å². The summed E-state index contributed by atoms with van der Waals surface area (Å²) < 4.78 is 68.3. The van der Waals surface area contributed by atoms with Crippen molar-refractivity contribution >= 4 is 39.5 Å². The monoisotopic (exact) mass is 1410 g/mol. The largest absolute Gasteiger partial charge is 0.472 e. The highest BCUT2D eigenvalue weighted by molar-refractivity contribution is 7.47. The molecule has 0 aliphatic heterocycles. The van der Waals surface area contributed by atoms with Crippen LogP contribution in [0.2, 0.25) is 0 Å². The smallest absolute Gasteiger partial charge is 0.462 e. The second kappa shape index (κ2) is 68.3. The number of phosphoric acid groups is 2. The number of carbonyl (C=O) groups is 4. The van der Waals surface area contributed by atoms with Gasteiger partial charge in [0.1, 0.15) is 19.3 Å². The minimum absolute atomic E-state index is 0.101. The third-order valence-electron chi connectivity index (χ3n) is 17.3. The van der Waals surface area contributed by atoms with Crippen molar-refractivity contribution in [3.05, 3.63) is 24.3 Å². The van der Waals surface area contributed by atoms with E-state index >= 15 is 0 Å². The molecule has 0 radical (unpaired) electrons. The predicted octanol–water partition coefficient (Wildman–Crippen LogP) is 22.3. The standard InChI is InChI=1S/C77H146O17P2/c1-7-9-11-13-14-15-16-17-22-26-32-37-42-48-54-60-75(80)88-66-73(94-77(82)62-55-49-43-38-33-27-24-21-19-18-20-23-25-30-35-40-46-51-57-69(3)4)68-92-96(85,86)90-64-71(78)63-89-95(83,84)91-67-72(65-87-74(79)59-53-45-12-10-8-2)93-76(81)61-56-50-44-39-34-29-28-31-36-41-47-52-58-70(5)6/h15-17,22,69-73,78H,7-14,18-21,23-68H2,1-6H3,(H,83,84)(H,85,86)/b16-15-,22-17-/t71-,72+,73+/m0/s1. The molecule has 5 atom stereocenters. The molecule has 0 amide bonds. The van der Waals surface area contributed by atoms with Gasteiger partial charge in [-0.3, -0.25) is 37.3 Å². The van der Waals surface area contributed by atoms with Crippen LogP contribution in [0.25, 0.3) is 0 Å². The molecule has 96 heavy (non-hydrogen) atoms. The van der Waals surface area contributed by atoms with Gasteiger partial charge in [-0.2, -0.15) is 0 Å². The number of esters is 4. The first-order valence-corrected chi connectivity index (χ1v) is 42.3. The van der Waals surface area contributed by atoms with Gasteiger partial charge in [-0.25, -0.2) is 9.13 Å². The van der Waals surface area contributed by atoms with Gasteiger partial charge in [0.05, 0.1) is 26.4 Å². The summed E-state index contributed by atoms with van der Waals surface area (Å²) in [5, 5.41) is 10.6. The van der Waals surface area contributed by atoms with Crippen molar-refractivity contribution < 1.29 is 80.2 Å². The lowest BCUT2D eigenvalue weighted by atomic mass is 10.0. The van der Waals surface area contributed by atoms with Crippen molar-refractivity contribution in [2.75, 3.05) is 39.6 Å². The average Bonchev–Trinajstić information content (AvgIpc) is 2.09. The molecule has 0 fully saturated rings. The van der Waals surface area contributed by atoms with Gasteiger partial charge < -0.3 is 33.8 Å². The highest BCUT2D eigenvalue weighted by Crippen LogP contribution is 2.45. The Balaban J connectivity index is 5.15. The second-order valence-electron chi connectivity index (χ2n) is 28.0. The van der Waals surface area contributed by atoms with Crippen molar-refractivity contribution in [2.45, 2.75) is 394 Å². The first kappa shape index (κ1) is 93.5. The normalized spacial score (nSPS) is 14.2. The Morgan fingerprint density at radius 3 is 0.854 bits per heavy atom. The van der Waals surface area contributed by atoms with E-state index in [1.54, 1.807) is 0 Å². The van der Waals surface area contributed by atoms with Gasteiger partial charge in [-0.15, -0.1) is 0 Å². The van der Waals surface area contributed by atoms with Gasteiger partial charge in [-0.05, 0) is 63.2 Å². The molecule has 0 heterocycles. The molecule has 0 aliphatic carbocycles. The van der Waals surface area contributed by atoms with Crippen molar-refractivity contribution in [1.82, 2.24) is 0 Å². The van der Waals surface area contributed by atoms with Crippen LogP contribution in [-0.4, -0.2) is 96.7 Å². The van der Waals surface area contributed by atoms with E-state index in [-0.39, 0.29) is 25.7 Å². The van der Waals surface area contributed by atoms with Crippen molar-refractivity contribution in [3.8, 4) is 0 Å². The SMILES string of the molecule is CCCCCC/C=C\C=C/CCCCCCCC(=O)OC[C@H](COP(=O)(O)OC[C@@H](O)COP(=O)(O)OC[C@@H](COC(=O)CCCCCCC)OC(=O)CCCCCCCCCCCCCCC(C)C)OC(=O)CCCCCCCCCCCCCCCCCCCCC(C)C. The van der Waals surface area contributed by atoms with Crippen LogP contribution in [0.15, 0.2) is 24.3 Å². The summed E-state index contributed by atoms with van der Waals surface area (Å²) in [5.74, 6) is -0.562. The first-order chi connectivity index (χ1) is 46.4. The molecule has 0 aromatic carbocycles. The summed E-state index contributed by atoms with van der Waals surface area (Å²) in [6, 6.07) is 0. The summed E-state index contributed by atoms with van der Waals surface area (Å²) in [5.41, 5.74) is 0. The fraction of sp³-hybridized carbons (Fsp3) is 0.896. The number of aliphatic hydroxyl groups is 1. The molecule has 0 aliphatic rings. The number of allylic oxidation sites excluding steroid dienone is 4. The van der Waals surface area contributed by atoms with E-state index in [0.29, 0.717) is 25.7 Å². The maximum Gasteiger partial charge on any atom is 0.472 e. The number of carbonyl (C=O) groups excluding carboxylic acids is 4. The lowest BCUT2D eigenvalue weighted by molar-refractivity contribution is -0.161. The van der Waals surface area contributed by atoms with Crippen LogP contribution in [0.3, 0.4) is 0 Å². The summed E-state index contributed by atoms with van der Waals surface area (Å²) in [4.78, 5) is 72.5. The van der Waals surface area contributed by atoms with Crippen molar-refractivity contribution in [2.24, 2.45) is 11.8 Å². The third-order valence-corrected chi connectivity index (χ3v) is 19.2. The quantitative estimate of drug-likeness (QED) is 0.0169. The van der Waals surface area contributed by atoms with Crippen LogP contribution in [-0.2, 0) is 65.4 Å². The molecular weight excluding hydrogens is 1260 g/mol. The molecule has 2 unspecified atom stereocenters. The average molecular weight is 1410 g/mol. The second-order valence-corrected chi connectivity index (χ2v) is 30.9. The van der Waals surface area contributed by atoms with Gasteiger partial charge in [0, 0.05) is 25.7 Å². The Labute approximate surface area is 586 Å². The van der Waals surface area contributed by atoms with E-state index in [1.165, 1.54) is 167 Å². The van der Waals surface area contributed by atoms with E-state index in [9.17, 15) is 43.2 Å². The predicted molar refractivity (Wildman–Crippen MR) is 391 cm³/mol. The molecule has 19 heteroatoms. The number of hydrogen-bond donors (Lipinski definition) is 3. The number of ether oxygens (including phenoxy) is 4. The van der Waals surface area contributed by atoms with Gasteiger partial charge in [-0.1, -0.05) is 323 Å². The van der Waals surface area contributed by atoms with Crippen molar-refractivity contribution in [1.29, 1.82) is 0 Å². The molecule has 0 spiro atoms. The number of unbranched alkanes of at least 4 members (excludes halogenated alkanes) is 41. The Hall–Kier alpha value is -2.46. The van der Waals surface area contributed by atoms with E-state index < -0.39 is 97.5 Å². The summed E-state index contributed by atoms with van der Waals surface area (Å²) in [6.45, 7) is 9.49. The zero-order valence-corrected chi connectivity index (χ0v) is 63.9. The maximum absolute atomic E-state index is 13.1. The Kier molecular flexibility index (Phi) is 66.6. The van der Waals surface area contributed by atoms with Gasteiger partial charge in [0.15, 0.2) is 12.2 Å². The lowest BCUT2D eigenvalue weighted by Crippen LogP contribution is -2.30. The molecule has 3 N–H and O–H groups in total. The zero-order valence-electron chi connectivity index (χ0n) is 62.2. The van der Waals surface area contributed by atoms with Crippen molar-refractivity contribution in [3.63, 3.8) is 0 Å². The summed E-state index contributed by atoms with van der Waals surface area (Å²) in [6.07, 6.45) is 59.5. The summed E-state index contributed by atoms with van der Waals surface area (Å²) in [7, 11) is -9.91. The van der Waals surface area contributed by atoms with Crippen LogP contribution >= 0.6 is 15.6 Å². The molecule has 566 valence electrons. The molecule has 17 nitrogen and oxygen atoms in total. The first-order valence-electron chi connectivity index (χ1n) is 39.3. The fourth-order valence-electron chi connectivity index (χ4n) is 11.3. The Morgan fingerprint density at radius 2 is 0.562 bits per heavy atom. The van der Waals surface area contributed by atoms with Crippen LogP contribution in [0.1, 0.15) is 375 Å². The molecule has 0 saturated heterocycles. The van der Waals surface area contributed by atoms with Crippen LogP contribution < -0.4 is 0 Å². The minimum atomic E-state index is -4.96. The lowest BCUT2D eigenvalue weighted by Gasteiger charge is -2.21. The Morgan fingerprint density at radius 1 is 0.323 bits per heavy atom. The van der Waals surface area contributed by atoms with Crippen LogP contribution in [0, 0.1) is 11.8 Å². The number of rotatable bonds is 74. The molecular formula is C77H146O17P2. The number of phosphoric ester groups is 2. The number of aliphatic hydroxyl groups excluding tert-OH is 1. The Bertz CT molecular complexity index is 1950. The molecule has 0 rings (SSSR count). The van der Waals surface area contributed by atoms with E-state index in [0.717, 1.165) is 127 Å². The van der Waals surface area contributed by atoms with E-state index in [1.807, 2.05) is 0 Å². The highest BCUT2D eigenvalue weighted by atomic mass is 31.2. The number of hydrogen-bond acceptors (Lipinski definition) is 15. The van der Waals surface area contributed by atoms with Gasteiger partial charge in [0.2, 0.25) is 0 Å². The third kappa shape index (κ3) is 70.0. The molecule has 0 bridgehead atoms. The molecule has 0 aromatic rings. The van der Waals surface area contributed by atoms with Gasteiger partial charge in [0.25, 0.3) is 0 Å². The van der Waals surface area contributed by atoms with Crippen LogP contribution in [0.5, 0.6) is 0 Å². The molecule has 0 saturated carbocycles. The van der Waals surface area contributed by atoms with E-state index in [4.69, 9.17) is 37.0 Å². The zero-order chi connectivity index (χ0) is 70.7. The maximum atomic E-state index is 13.1. The minimum Gasteiger partial charge on any atom is -0.462 e. The topological polar surface area (TPSA) is 237 Å². The van der Waals surface area contributed by atoms with Gasteiger partial charge >= 0.3 is 39.5 Å². The fourth-order valence-corrected chi connectivity index (χ4v) is 12.9.